The van der Waals surface area contributed by atoms with Crippen LogP contribution in [0, 0.1) is 0 Å². The summed E-state index contributed by atoms with van der Waals surface area (Å²) in [7, 11) is 0. The first-order valence-electron chi connectivity index (χ1n) is 4.75. The molecule has 0 aliphatic carbocycles. The Labute approximate surface area is 114 Å². The van der Waals surface area contributed by atoms with E-state index in [2.05, 4.69) is 61.7 Å². The molecule has 0 atom stereocenters. The second kappa shape index (κ2) is 4.26. The summed E-state index contributed by atoms with van der Waals surface area (Å²) in [6, 6.07) is 12.9. The second-order valence-electron chi connectivity index (χ2n) is 3.46. The van der Waals surface area contributed by atoms with Crippen LogP contribution in [0.1, 0.15) is 0 Å². The molecule has 0 amide bonds. The van der Waals surface area contributed by atoms with Gasteiger partial charge in [0.25, 0.3) is 0 Å². The summed E-state index contributed by atoms with van der Waals surface area (Å²) in [5, 5.41) is 2.55. The van der Waals surface area contributed by atoms with Crippen molar-refractivity contribution in [1.29, 1.82) is 0 Å². The van der Waals surface area contributed by atoms with Crippen LogP contribution in [-0.4, -0.2) is 0 Å². The number of hydrogen-bond donors (Lipinski definition) is 2. The Hall–Kier alpha value is -0.160. The molecule has 1 heterocycles. The van der Waals surface area contributed by atoms with Crippen molar-refractivity contribution in [3.05, 3.63) is 44.9 Å². The van der Waals surface area contributed by atoms with Crippen molar-refractivity contribution in [2.24, 2.45) is 0 Å². The third-order valence-corrected chi connectivity index (χ3v) is 6.05. The van der Waals surface area contributed by atoms with Gasteiger partial charge in [0.15, 0.2) is 0 Å². The van der Waals surface area contributed by atoms with Crippen LogP contribution < -0.4 is 0 Å². The van der Waals surface area contributed by atoms with E-state index in [0.717, 1.165) is 8.47 Å². The van der Waals surface area contributed by atoms with E-state index in [1.54, 1.807) is 23.5 Å². The first-order chi connectivity index (χ1) is 7.74. The van der Waals surface area contributed by atoms with E-state index >= 15 is 0 Å². The number of thiol groups is 2. The largest absolute Gasteiger partial charge is 0.135 e. The smallest absolute Gasteiger partial charge is 0.0621 e. The van der Waals surface area contributed by atoms with E-state index in [1.165, 1.54) is 20.6 Å². The van der Waals surface area contributed by atoms with Crippen molar-refractivity contribution in [2.75, 3.05) is 0 Å². The number of benzene rings is 2. The molecule has 0 saturated heterocycles. The van der Waals surface area contributed by atoms with Crippen LogP contribution in [0.5, 0.6) is 0 Å². The predicted molar refractivity (Wildman–Crippen MR) is 80.7 cm³/mol. The van der Waals surface area contributed by atoms with Gasteiger partial charge in [0, 0.05) is 9.79 Å². The van der Waals surface area contributed by atoms with Crippen molar-refractivity contribution in [3.8, 4) is 0 Å². The summed E-state index contributed by atoms with van der Waals surface area (Å²) in [6.45, 7) is 0. The van der Waals surface area contributed by atoms with Gasteiger partial charge in [-0.2, -0.15) is 0 Å². The molecule has 0 nitrogen and oxygen atoms in total. The fourth-order valence-corrected chi connectivity index (χ4v) is 4.30. The zero-order valence-corrected chi connectivity index (χ0v) is 11.6. The van der Waals surface area contributed by atoms with E-state index in [-0.39, 0.29) is 0 Å². The minimum Gasteiger partial charge on any atom is -0.135 e. The van der Waals surface area contributed by atoms with Crippen molar-refractivity contribution < 1.29 is 0 Å². The van der Waals surface area contributed by atoms with Crippen LogP contribution in [0.2, 0.25) is 0 Å². The molecule has 2 aromatic rings. The Balaban J connectivity index is 2.21. The predicted octanol–water partition coefficient (Wildman–Crippen LogP) is 5.02. The quantitative estimate of drug-likeness (QED) is 0.650. The first kappa shape index (κ1) is 11.0. The molecule has 0 N–H and O–H groups in total. The first-order valence-corrected chi connectivity index (χ1v) is 7.27. The monoisotopic (exact) mass is 280 g/mol. The molecule has 0 fully saturated rings. The highest BCUT2D eigenvalue weighted by molar-refractivity contribution is 8.23. The van der Waals surface area contributed by atoms with Gasteiger partial charge in [0.2, 0.25) is 0 Å². The molecule has 0 unspecified atom stereocenters. The van der Waals surface area contributed by atoms with Crippen molar-refractivity contribution in [1.82, 2.24) is 0 Å². The standard InChI is InChI=1S/C12H8S4/c13-11-12(14)16-10-6-8-4-2-1-3-7(8)5-9(10)15-11/h1-6,13-14H. The minimum absolute atomic E-state index is 0.983. The van der Waals surface area contributed by atoms with Crippen molar-refractivity contribution in [3.63, 3.8) is 0 Å². The van der Waals surface area contributed by atoms with E-state index in [0.29, 0.717) is 0 Å². The average Bonchev–Trinajstić information content (AvgIpc) is 2.28. The molecule has 1 aliphatic rings. The summed E-state index contributed by atoms with van der Waals surface area (Å²) in [6.07, 6.45) is 0. The van der Waals surface area contributed by atoms with Crippen LogP contribution in [-0.2, 0) is 0 Å². The normalized spacial score (nSPS) is 15.4. The van der Waals surface area contributed by atoms with Crippen LogP contribution in [0.15, 0.2) is 54.7 Å². The van der Waals surface area contributed by atoms with Gasteiger partial charge in [-0.1, -0.05) is 47.8 Å². The Morgan fingerprint density at radius 2 is 1.19 bits per heavy atom. The van der Waals surface area contributed by atoms with E-state index < -0.39 is 0 Å². The molecule has 2 aromatic carbocycles. The van der Waals surface area contributed by atoms with Crippen molar-refractivity contribution in [2.45, 2.75) is 9.79 Å². The van der Waals surface area contributed by atoms with Gasteiger partial charge >= 0.3 is 0 Å². The molecule has 0 spiro atoms. The molecule has 0 saturated carbocycles. The summed E-state index contributed by atoms with van der Waals surface area (Å²) >= 11 is 12.2. The zero-order valence-electron chi connectivity index (χ0n) is 8.18. The summed E-state index contributed by atoms with van der Waals surface area (Å²) in [4.78, 5) is 2.54. The lowest BCUT2D eigenvalue weighted by molar-refractivity contribution is 1.29. The van der Waals surface area contributed by atoms with Gasteiger partial charge in [0.05, 0.1) is 8.47 Å². The molecule has 16 heavy (non-hydrogen) atoms. The maximum absolute atomic E-state index is 4.42. The van der Waals surface area contributed by atoms with Crippen LogP contribution in [0.4, 0.5) is 0 Å². The third kappa shape index (κ3) is 1.88. The Morgan fingerprint density at radius 3 is 1.62 bits per heavy atom. The minimum atomic E-state index is 0.983. The molecule has 0 aromatic heterocycles. The summed E-state index contributed by atoms with van der Waals surface area (Å²) in [5.74, 6) is 0. The van der Waals surface area contributed by atoms with E-state index in [1.807, 2.05) is 0 Å². The van der Waals surface area contributed by atoms with Gasteiger partial charge < -0.3 is 0 Å². The molecular formula is C12H8S4. The molecular weight excluding hydrogens is 272 g/mol. The Bertz CT molecular complexity index is 548. The number of rotatable bonds is 0. The molecule has 1 aliphatic heterocycles. The zero-order chi connectivity index (χ0) is 11.1. The molecule has 0 radical (unpaired) electrons. The highest BCUT2D eigenvalue weighted by atomic mass is 32.2. The van der Waals surface area contributed by atoms with E-state index in [9.17, 15) is 0 Å². The maximum atomic E-state index is 4.42. The third-order valence-electron chi connectivity index (χ3n) is 2.41. The summed E-state index contributed by atoms with van der Waals surface area (Å²) in [5.41, 5.74) is 0. The highest BCUT2D eigenvalue weighted by Gasteiger charge is 2.16. The van der Waals surface area contributed by atoms with Gasteiger partial charge in [-0.15, -0.1) is 25.3 Å². The Kier molecular flexibility index (Phi) is 2.92. The van der Waals surface area contributed by atoms with Gasteiger partial charge in [-0.05, 0) is 22.9 Å². The fraction of sp³-hybridized carbons (Fsp3) is 0. The van der Waals surface area contributed by atoms with Gasteiger partial charge in [0.1, 0.15) is 0 Å². The molecule has 4 heteroatoms. The topological polar surface area (TPSA) is 0 Å². The number of hydrogen-bond acceptors (Lipinski definition) is 4. The van der Waals surface area contributed by atoms with Crippen LogP contribution in [0.25, 0.3) is 10.8 Å². The lowest BCUT2D eigenvalue weighted by atomic mass is 10.1. The highest BCUT2D eigenvalue weighted by Crippen LogP contribution is 2.50. The van der Waals surface area contributed by atoms with Gasteiger partial charge in [-0.3, -0.25) is 0 Å². The molecule has 80 valence electrons. The SMILES string of the molecule is SC1=C(S)Sc2cc3ccccc3cc2S1. The molecule has 0 bridgehead atoms. The van der Waals surface area contributed by atoms with Gasteiger partial charge in [-0.25, -0.2) is 0 Å². The fourth-order valence-electron chi connectivity index (χ4n) is 1.65. The second-order valence-corrected chi connectivity index (χ2v) is 7.06. The number of fused-ring (bicyclic) bond motifs is 2. The van der Waals surface area contributed by atoms with E-state index in [4.69, 9.17) is 0 Å². The lowest BCUT2D eigenvalue weighted by Crippen LogP contribution is -1.86. The van der Waals surface area contributed by atoms with Crippen molar-refractivity contribution >= 4 is 59.6 Å². The average molecular weight is 280 g/mol. The Morgan fingerprint density at radius 1 is 0.750 bits per heavy atom. The summed E-state index contributed by atoms with van der Waals surface area (Å²) < 4.78 is 1.97. The number of thioether (sulfide) groups is 2. The lowest BCUT2D eigenvalue weighted by Gasteiger charge is -2.16. The van der Waals surface area contributed by atoms with Crippen LogP contribution >= 0.6 is 48.8 Å². The van der Waals surface area contributed by atoms with Crippen LogP contribution in [0.3, 0.4) is 0 Å². The maximum Gasteiger partial charge on any atom is 0.0621 e. The molecule has 3 rings (SSSR count).